The van der Waals surface area contributed by atoms with E-state index in [9.17, 15) is 0 Å². The van der Waals surface area contributed by atoms with Gasteiger partial charge in [-0.1, -0.05) is 97.1 Å². The van der Waals surface area contributed by atoms with E-state index in [-0.39, 0.29) is 11.8 Å². The maximum atomic E-state index is 6.16. The van der Waals surface area contributed by atoms with Gasteiger partial charge in [-0.2, -0.15) is 0 Å². The zero-order chi connectivity index (χ0) is 30.8. The van der Waals surface area contributed by atoms with E-state index < -0.39 is 0 Å². The standard InChI is InChI=1S/C40H38N4/c1-25-23-33(15-21-37(25)43)39(31-11-17-35(41)18-12-31)29-7-3-27(4-8-29)28-5-9-30(10-6-28)40(32-13-19-36(42)20-14-32)34-16-22-38(44)26(2)24-34/h3-24,39-40H,41-44H2,1-2H3. The number of nitrogens with two attached hydrogens (primary N) is 4. The van der Waals surface area contributed by atoms with Gasteiger partial charge in [0.15, 0.2) is 0 Å². The second-order valence-electron chi connectivity index (χ2n) is 11.7. The minimum atomic E-state index is 0.0651. The number of aryl methyl sites for hydroxylation is 2. The van der Waals surface area contributed by atoms with Gasteiger partial charge < -0.3 is 22.9 Å². The van der Waals surface area contributed by atoms with Crippen LogP contribution in [0.3, 0.4) is 0 Å². The molecule has 0 heterocycles. The van der Waals surface area contributed by atoms with Crippen molar-refractivity contribution in [2.45, 2.75) is 25.7 Å². The van der Waals surface area contributed by atoms with Crippen molar-refractivity contribution in [2.75, 3.05) is 22.9 Å². The SMILES string of the molecule is Cc1cc(C(c2ccc(N)cc2)c2ccc(-c3ccc(C(c4ccc(N)cc4)c4ccc(N)c(C)c4)cc3)cc2)ccc1N. The van der Waals surface area contributed by atoms with Gasteiger partial charge in [-0.3, -0.25) is 0 Å². The van der Waals surface area contributed by atoms with Crippen LogP contribution in [0.4, 0.5) is 22.7 Å². The van der Waals surface area contributed by atoms with E-state index in [2.05, 4.69) is 111 Å². The molecule has 8 N–H and O–H groups in total. The third-order valence-electron chi connectivity index (χ3n) is 8.62. The van der Waals surface area contributed by atoms with E-state index in [4.69, 9.17) is 22.9 Å². The molecule has 0 aliphatic heterocycles. The monoisotopic (exact) mass is 574 g/mol. The van der Waals surface area contributed by atoms with Crippen molar-refractivity contribution in [1.29, 1.82) is 0 Å². The molecule has 0 saturated heterocycles. The average Bonchev–Trinajstić information content (AvgIpc) is 3.03. The Morgan fingerprint density at radius 1 is 0.341 bits per heavy atom. The van der Waals surface area contributed by atoms with Crippen LogP contribution in [0.2, 0.25) is 0 Å². The lowest BCUT2D eigenvalue weighted by Crippen LogP contribution is -2.05. The molecule has 6 rings (SSSR count). The molecule has 2 atom stereocenters. The fourth-order valence-corrected chi connectivity index (χ4v) is 6.02. The molecule has 218 valence electrons. The zero-order valence-corrected chi connectivity index (χ0v) is 25.2. The Balaban J connectivity index is 1.33. The number of hydrogen-bond donors (Lipinski definition) is 4. The van der Waals surface area contributed by atoms with E-state index in [1.54, 1.807) is 0 Å². The summed E-state index contributed by atoms with van der Waals surface area (Å²) in [7, 11) is 0. The normalized spacial score (nSPS) is 12.5. The number of benzene rings is 6. The molecule has 0 saturated carbocycles. The van der Waals surface area contributed by atoms with Gasteiger partial charge in [0.2, 0.25) is 0 Å². The second kappa shape index (κ2) is 12.0. The highest BCUT2D eigenvalue weighted by atomic mass is 14.6. The summed E-state index contributed by atoms with van der Waals surface area (Å²) in [5.74, 6) is 0.130. The first-order chi connectivity index (χ1) is 21.3. The molecule has 44 heavy (non-hydrogen) atoms. The van der Waals surface area contributed by atoms with Gasteiger partial charge in [-0.05, 0) is 106 Å². The topological polar surface area (TPSA) is 104 Å². The van der Waals surface area contributed by atoms with Crippen LogP contribution >= 0.6 is 0 Å². The minimum absolute atomic E-state index is 0.0651. The molecule has 0 bridgehead atoms. The van der Waals surface area contributed by atoms with Gasteiger partial charge in [-0.15, -0.1) is 0 Å². The highest BCUT2D eigenvalue weighted by molar-refractivity contribution is 5.66. The van der Waals surface area contributed by atoms with E-state index in [1.165, 1.54) is 33.4 Å². The van der Waals surface area contributed by atoms with Crippen LogP contribution in [0.1, 0.15) is 56.3 Å². The maximum absolute atomic E-state index is 6.16. The van der Waals surface area contributed by atoms with Crippen LogP contribution < -0.4 is 22.9 Å². The van der Waals surface area contributed by atoms with Crippen LogP contribution in [0.15, 0.2) is 133 Å². The Kier molecular flexibility index (Phi) is 7.82. The van der Waals surface area contributed by atoms with Crippen molar-refractivity contribution in [3.8, 4) is 11.1 Å². The number of anilines is 4. The maximum Gasteiger partial charge on any atom is 0.0343 e. The summed E-state index contributed by atoms with van der Waals surface area (Å²) < 4.78 is 0. The molecule has 6 aromatic rings. The molecule has 0 amide bonds. The smallest absolute Gasteiger partial charge is 0.0343 e. The van der Waals surface area contributed by atoms with E-state index in [0.717, 1.165) is 45.0 Å². The van der Waals surface area contributed by atoms with Crippen LogP contribution in [0, 0.1) is 13.8 Å². The molecular formula is C40H38N4. The number of rotatable bonds is 7. The predicted octanol–water partition coefficient (Wildman–Crippen LogP) is 8.66. The summed E-state index contributed by atoms with van der Waals surface area (Å²) in [6.45, 7) is 4.11. The van der Waals surface area contributed by atoms with E-state index in [0.29, 0.717) is 0 Å². The molecule has 0 fully saturated rings. The first-order valence-electron chi connectivity index (χ1n) is 14.9. The Morgan fingerprint density at radius 2 is 0.614 bits per heavy atom. The molecule has 2 unspecified atom stereocenters. The third kappa shape index (κ3) is 5.88. The van der Waals surface area contributed by atoms with Gasteiger partial charge in [0.1, 0.15) is 0 Å². The summed E-state index contributed by atoms with van der Waals surface area (Å²) in [4.78, 5) is 0. The van der Waals surface area contributed by atoms with Gasteiger partial charge in [0, 0.05) is 34.6 Å². The van der Waals surface area contributed by atoms with Crippen LogP contribution in [-0.2, 0) is 0 Å². The molecule has 0 aliphatic rings. The van der Waals surface area contributed by atoms with Crippen molar-refractivity contribution in [1.82, 2.24) is 0 Å². The first kappa shape index (κ1) is 28.6. The van der Waals surface area contributed by atoms with Crippen LogP contribution in [-0.4, -0.2) is 0 Å². The Bertz CT molecular complexity index is 1750. The third-order valence-corrected chi connectivity index (χ3v) is 8.62. The summed E-state index contributed by atoms with van der Waals surface area (Å²) in [5.41, 5.74) is 39.1. The van der Waals surface area contributed by atoms with Crippen molar-refractivity contribution >= 4 is 22.7 Å². The highest BCUT2D eigenvalue weighted by Gasteiger charge is 2.19. The molecule has 4 heteroatoms. The van der Waals surface area contributed by atoms with Gasteiger partial charge in [-0.25, -0.2) is 0 Å². The summed E-state index contributed by atoms with van der Waals surface area (Å²) in [5, 5.41) is 0. The Hall–Kier alpha value is -5.48. The van der Waals surface area contributed by atoms with E-state index >= 15 is 0 Å². The van der Waals surface area contributed by atoms with Gasteiger partial charge >= 0.3 is 0 Å². The fourth-order valence-electron chi connectivity index (χ4n) is 6.02. The number of nitrogen functional groups attached to an aromatic ring is 4. The second-order valence-corrected chi connectivity index (χ2v) is 11.7. The van der Waals surface area contributed by atoms with Crippen LogP contribution in [0.5, 0.6) is 0 Å². The van der Waals surface area contributed by atoms with E-state index in [1.807, 2.05) is 36.4 Å². The van der Waals surface area contributed by atoms with Gasteiger partial charge in [0.05, 0.1) is 0 Å². The fraction of sp³-hybridized carbons (Fsp3) is 0.100. The lowest BCUT2D eigenvalue weighted by molar-refractivity contribution is 0.974. The summed E-state index contributed by atoms with van der Waals surface area (Å²) in [6, 6.07) is 46.6. The number of hydrogen-bond acceptors (Lipinski definition) is 4. The minimum Gasteiger partial charge on any atom is -0.399 e. The molecule has 0 radical (unpaired) electrons. The van der Waals surface area contributed by atoms with Crippen molar-refractivity contribution in [3.05, 3.63) is 178 Å². The lowest BCUT2D eigenvalue weighted by Gasteiger charge is -2.21. The van der Waals surface area contributed by atoms with Crippen LogP contribution in [0.25, 0.3) is 11.1 Å². The molecule has 4 nitrogen and oxygen atoms in total. The molecule has 0 aromatic heterocycles. The first-order valence-corrected chi connectivity index (χ1v) is 14.9. The molecule has 0 spiro atoms. The summed E-state index contributed by atoms with van der Waals surface area (Å²) >= 11 is 0. The Morgan fingerprint density at radius 3 is 0.909 bits per heavy atom. The predicted molar refractivity (Wildman–Crippen MR) is 187 cm³/mol. The quantitative estimate of drug-likeness (QED) is 0.113. The zero-order valence-electron chi connectivity index (χ0n) is 25.2. The Labute approximate surface area is 260 Å². The van der Waals surface area contributed by atoms with Crippen molar-refractivity contribution < 1.29 is 0 Å². The molecular weight excluding hydrogens is 536 g/mol. The molecule has 0 aliphatic carbocycles. The molecule has 6 aromatic carbocycles. The average molecular weight is 575 g/mol. The van der Waals surface area contributed by atoms with Gasteiger partial charge in [0.25, 0.3) is 0 Å². The highest BCUT2D eigenvalue weighted by Crippen LogP contribution is 2.37. The largest absolute Gasteiger partial charge is 0.399 e. The van der Waals surface area contributed by atoms with Crippen molar-refractivity contribution in [2.24, 2.45) is 0 Å². The lowest BCUT2D eigenvalue weighted by atomic mass is 9.83. The summed E-state index contributed by atoms with van der Waals surface area (Å²) in [6.07, 6.45) is 0. The van der Waals surface area contributed by atoms with Crippen molar-refractivity contribution in [3.63, 3.8) is 0 Å².